The fraction of sp³-hybridized carbons (Fsp3) is 0.0952. The highest BCUT2D eigenvalue weighted by Crippen LogP contribution is 2.50. The second-order valence-electron chi connectivity index (χ2n) is 12.3. The fourth-order valence-corrected chi connectivity index (χ4v) is 6.47. The van der Waals surface area contributed by atoms with Crippen molar-refractivity contribution < 1.29 is 10.2 Å². The lowest BCUT2D eigenvalue weighted by molar-refractivity contribution is 0.475. The van der Waals surface area contributed by atoms with Gasteiger partial charge in [0, 0.05) is 22.5 Å². The number of phenols is 2. The van der Waals surface area contributed by atoms with E-state index in [-0.39, 0.29) is 16.9 Å². The second kappa shape index (κ2) is 11.2. The van der Waals surface area contributed by atoms with Crippen molar-refractivity contribution in [2.24, 2.45) is 0 Å². The van der Waals surface area contributed by atoms with Gasteiger partial charge in [0.15, 0.2) is 0 Å². The van der Waals surface area contributed by atoms with Gasteiger partial charge in [0.2, 0.25) is 0 Å². The van der Waals surface area contributed by atoms with Crippen LogP contribution in [0.15, 0.2) is 140 Å². The molecule has 2 N–H and O–H groups in total. The topological polar surface area (TPSA) is 43.7 Å². The zero-order chi connectivity index (χ0) is 31.1. The lowest BCUT2D eigenvalue weighted by Gasteiger charge is -2.28. The number of anilines is 3. The lowest BCUT2D eigenvalue weighted by Crippen LogP contribution is -2.16. The highest BCUT2D eigenvalue weighted by molar-refractivity contribution is 5.92. The van der Waals surface area contributed by atoms with E-state index in [1.807, 2.05) is 24.3 Å². The van der Waals surface area contributed by atoms with Gasteiger partial charge >= 0.3 is 0 Å². The molecular weight excluding hydrogens is 550 g/mol. The SMILES string of the molecule is Cc1ccc(N(c2ccc(C=C(c3ccc(O)cc3)c3ccc(O)cc3)cc2)c2ccc3c(c2)C(C)(C)c2ccccc2-3)cc1. The van der Waals surface area contributed by atoms with Crippen LogP contribution in [0.1, 0.15) is 47.2 Å². The van der Waals surface area contributed by atoms with Crippen LogP contribution in [0.25, 0.3) is 22.8 Å². The maximum Gasteiger partial charge on any atom is 0.115 e. The second-order valence-corrected chi connectivity index (χ2v) is 12.3. The van der Waals surface area contributed by atoms with Gasteiger partial charge in [-0.05, 0) is 118 Å². The van der Waals surface area contributed by atoms with Crippen LogP contribution in [0.4, 0.5) is 17.1 Å². The number of fused-ring (bicyclic) bond motifs is 3. The Labute approximate surface area is 265 Å². The molecule has 45 heavy (non-hydrogen) atoms. The van der Waals surface area contributed by atoms with E-state index in [9.17, 15) is 10.2 Å². The molecule has 1 aliphatic rings. The summed E-state index contributed by atoms with van der Waals surface area (Å²) >= 11 is 0. The molecule has 0 saturated heterocycles. The van der Waals surface area contributed by atoms with Crippen LogP contribution in [0.3, 0.4) is 0 Å². The summed E-state index contributed by atoms with van der Waals surface area (Å²) < 4.78 is 0. The lowest BCUT2D eigenvalue weighted by atomic mass is 9.82. The zero-order valence-electron chi connectivity index (χ0n) is 25.7. The minimum absolute atomic E-state index is 0.0889. The first kappa shape index (κ1) is 28.2. The van der Waals surface area contributed by atoms with Crippen molar-refractivity contribution in [3.8, 4) is 22.6 Å². The number of aryl methyl sites for hydroxylation is 1. The van der Waals surface area contributed by atoms with Crippen molar-refractivity contribution in [3.05, 3.63) is 173 Å². The van der Waals surface area contributed by atoms with Crippen LogP contribution < -0.4 is 4.90 Å². The number of aromatic hydroxyl groups is 2. The van der Waals surface area contributed by atoms with Crippen LogP contribution in [0, 0.1) is 6.92 Å². The first-order chi connectivity index (χ1) is 21.8. The largest absolute Gasteiger partial charge is 0.508 e. The quantitative estimate of drug-likeness (QED) is 0.191. The maximum atomic E-state index is 9.89. The molecule has 6 aromatic carbocycles. The van der Waals surface area contributed by atoms with Crippen LogP contribution in [0.2, 0.25) is 0 Å². The third kappa shape index (κ3) is 5.27. The van der Waals surface area contributed by atoms with Crippen molar-refractivity contribution in [3.63, 3.8) is 0 Å². The number of hydrogen-bond donors (Lipinski definition) is 2. The van der Waals surface area contributed by atoms with Gasteiger partial charge in [-0.3, -0.25) is 0 Å². The van der Waals surface area contributed by atoms with E-state index in [1.54, 1.807) is 24.3 Å². The number of phenolic OH excluding ortho intramolecular Hbond substituents is 2. The summed E-state index contributed by atoms with van der Waals surface area (Å²) in [6, 6.07) is 47.4. The molecule has 0 aromatic heterocycles. The highest BCUT2D eigenvalue weighted by atomic mass is 16.3. The van der Waals surface area contributed by atoms with Crippen LogP contribution >= 0.6 is 0 Å². The number of hydrogen-bond acceptors (Lipinski definition) is 3. The standard InChI is InChI=1S/C42H35NO2/c1-28-8-16-32(17-9-28)43(34-20-25-38-37-6-4-5-7-40(37)42(2,3)41(38)27-34)33-18-10-29(11-19-33)26-39(30-12-21-35(44)22-13-30)31-14-23-36(45)24-15-31/h4-27,44-45H,1-3H3. The summed E-state index contributed by atoms with van der Waals surface area (Å²) in [5.41, 5.74) is 13.8. The van der Waals surface area contributed by atoms with Gasteiger partial charge in [0.05, 0.1) is 0 Å². The Balaban J connectivity index is 1.31. The van der Waals surface area contributed by atoms with E-state index in [0.717, 1.165) is 39.3 Å². The number of rotatable bonds is 6. The fourth-order valence-electron chi connectivity index (χ4n) is 6.47. The molecule has 0 heterocycles. The molecule has 3 nitrogen and oxygen atoms in total. The molecule has 1 aliphatic carbocycles. The molecule has 0 unspecified atom stereocenters. The zero-order valence-corrected chi connectivity index (χ0v) is 25.7. The van der Waals surface area contributed by atoms with Gasteiger partial charge in [-0.25, -0.2) is 0 Å². The Hall–Kier alpha value is -5.54. The van der Waals surface area contributed by atoms with Gasteiger partial charge in [0.25, 0.3) is 0 Å². The monoisotopic (exact) mass is 585 g/mol. The molecule has 0 aliphatic heterocycles. The van der Waals surface area contributed by atoms with E-state index in [0.29, 0.717) is 0 Å². The maximum absolute atomic E-state index is 9.89. The summed E-state index contributed by atoms with van der Waals surface area (Å²) in [6.45, 7) is 6.75. The van der Waals surface area contributed by atoms with Gasteiger partial charge in [-0.15, -0.1) is 0 Å². The molecule has 0 saturated carbocycles. The number of nitrogens with zero attached hydrogens (tertiary/aromatic N) is 1. The van der Waals surface area contributed by atoms with Crippen molar-refractivity contribution in [1.82, 2.24) is 0 Å². The molecule has 220 valence electrons. The molecule has 0 fully saturated rings. The van der Waals surface area contributed by atoms with E-state index >= 15 is 0 Å². The predicted octanol–water partition coefficient (Wildman–Crippen LogP) is 10.8. The Bertz CT molecular complexity index is 1970. The van der Waals surface area contributed by atoms with Crippen molar-refractivity contribution in [2.75, 3.05) is 4.90 Å². The third-order valence-electron chi connectivity index (χ3n) is 8.94. The molecule has 0 atom stereocenters. The normalized spacial score (nSPS) is 12.7. The van der Waals surface area contributed by atoms with Gasteiger partial charge in [0.1, 0.15) is 11.5 Å². The van der Waals surface area contributed by atoms with Crippen LogP contribution in [-0.2, 0) is 5.41 Å². The average Bonchev–Trinajstić information content (AvgIpc) is 3.28. The molecular formula is C42H35NO2. The molecule has 0 amide bonds. The number of benzene rings is 6. The van der Waals surface area contributed by atoms with Gasteiger partial charge in [-0.2, -0.15) is 0 Å². The Morgan fingerprint density at radius 2 is 1.07 bits per heavy atom. The van der Waals surface area contributed by atoms with Crippen LogP contribution in [-0.4, -0.2) is 10.2 Å². The summed E-state index contributed by atoms with van der Waals surface area (Å²) in [7, 11) is 0. The van der Waals surface area contributed by atoms with E-state index in [2.05, 4.69) is 123 Å². The molecule has 3 heteroatoms. The minimum Gasteiger partial charge on any atom is -0.508 e. The molecule has 7 rings (SSSR count). The van der Waals surface area contributed by atoms with Crippen molar-refractivity contribution >= 4 is 28.7 Å². The van der Waals surface area contributed by atoms with Crippen molar-refractivity contribution in [1.29, 1.82) is 0 Å². The summed E-state index contributed by atoms with van der Waals surface area (Å²) in [5, 5.41) is 19.8. The van der Waals surface area contributed by atoms with E-state index in [1.165, 1.54) is 27.8 Å². The summed E-state index contributed by atoms with van der Waals surface area (Å²) in [4.78, 5) is 2.33. The average molecular weight is 586 g/mol. The van der Waals surface area contributed by atoms with E-state index < -0.39 is 0 Å². The first-order valence-corrected chi connectivity index (χ1v) is 15.3. The Kier molecular flexibility index (Phi) is 7.02. The van der Waals surface area contributed by atoms with Gasteiger partial charge in [-0.1, -0.05) is 98.3 Å². The highest BCUT2D eigenvalue weighted by Gasteiger charge is 2.35. The molecule has 0 bridgehead atoms. The Morgan fingerprint density at radius 3 is 1.67 bits per heavy atom. The third-order valence-corrected chi connectivity index (χ3v) is 8.94. The van der Waals surface area contributed by atoms with E-state index in [4.69, 9.17) is 0 Å². The molecule has 0 radical (unpaired) electrons. The van der Waals surface area contributed by atoms with Gasteiger partial charge < -0.3 is 15.1 Å². The minimum atomic E-state index is -0.0889. The summed E-state index contributed by atoms with van der Waals surface area (Å²) in [5.74, 6) is 0.450. The Morgan fingerprint density at radius 1 is 0.556 bits per heavy atom. The first-order valence-electron chi connectivity index (χ1n) is 15.3. The molecule has 0 spiro atoms. The van der Waals surface area contributed by atoms with Crippen LogP contribution in [0.5, 0.6) is 11.5 Å². The molecule has 6 aromatic rings. The predicted molar refractivity (Wildman–Crippen MR) is 187 cm³/mol. The van der Waals surface area contributed by atoms with Crippen molar-refractivity contribution in [2.45, 2.75) is 26.2 Å². The smallest absolute Gasteiger partial charge is 0.115 e. The summed E-state index contributed by atoms with van der Waals surface area (Å²) in [6.07, 6.45) is 2.15.